The summed E-state index contributed by atoms with van der Waals surface area (Å²) >= 11 is 0. The lowest BCUT2D eigenvalue weighted by Gasteiger charge is -2.07. The van der Waals surface area contributed by atoms with Crippen LogP contribution >= 0.6 is 0 Å². The first-order valence-electron chi connectivity index (χ1n) is 9.33. The molecule has 0 amide bonds. The molecule has 0 aliphatic carbocycles. The summed E-state index contributed by atoms with van der Waals surface area (Å²) in [5.41, 5.74) is -0.652. The first-order chi connectivity index (χ1) is 15.2. The molecule has 0 fully saturated rings. The highest BCUT2D eigenvalue weighted by Crippen LogP contribution is 2.31. The number of hydrogen-bond acceptors (Lipinski definition) is 7. The molecule has 0 saturated carbocycles. The topological polar surface area (TPSA) is 100 Å². The van der Waals surface area contributed by atoms with Crippen LogP contribution < -0.4 is 5.56 Å². The molecular formula is C21H15F3N4O4. The van der Waals surface area contributed by atoms with E-state index in [1.54, 1.807) is 24.3 Å². The Balaban J connectivity index is 1.45. The van der Waals surface area contributed by atoms with Crippen molar-refractivity contribution in [3.8, 4) is 11.4 Å². The van der Waals surface area contributed by atoms with E-state index in [-0.39, 0.29) is 35.9 Å². The number of esters is 1. The van der Waals surface area contributed by atoms with E-state index >= 15 is 0 Å². The first-order valence-corrected chi connectivity index (χ1v) is 9.33. The lowest BCUT2D eigenvalue weighted by molar-refractivity contribution is -0.145. The normalized spacial score (nSPS) is 11.6. The maximum absolute atomic E-state index is 12.9. The highest BCUT2D eigenvalue weighted by Gasteiger charge is 2.30. The van der Waals surface area contributed by atoms with E-state index in [2.05, 4.69) is 15.2 Å². The lowest BCUT2D eigenvalue weighted by atomic mass is 10.1. The third-order valence-electron chi connectivity index (χ3n) is 4.62. The van der Waals surface area contributed by atoms with Crippen molar-refractivity contribution in [2.75, 3.05) is 0 Å². The summed E-state index contributed by atoms with van der Waals surface area (Å²) in [6.45, 7) is -0.367. The number of ether oxygens (including phenoxy) is 1. The zero-order valence-electron chi connectivity index (χ0n) is 16.6. The number of hydrogen-bond donors (Lipinski definition) is 0. The third kappa shape index (κ3) is 4.36. The van der Waals surface area contributed by atoms with Crippen molar-refractivity contribution in [3.63, 3.8) is 0 Å². The molecule has 0 aliphatic rings. The van der Waals surface area contributed by atoms with Crippen LogP contribution in [0.25, 0.3) is 22.2 Å². The zero-order valence-corrected chi connectivity index (χ0v) is 16.6. The molecule has 4 aromatic rings. The fourth-order valence-electron chi connectivity index (χ4n) is 3.10. The molecule has 0 unspecified atom stereocenters. The molecule has 32 heavy (non-hydrogen) atoms. The predicted octanol–water partition coefficient (Wildman–Crippen LogP) is 3.29. The van der Waals surface area contributed by atoms with Gasteiger partial charge in [0.2, 0.25) is 5.82 Å². The van der Waals surface area contributed by atoms with Gasteiger partial charge in [0.05, 0.1) is 23.1 Å². The molecule has 2 aromatic heterocycles. The number of benzene rings is 2. The Bertz CT molecular complexity index is 1360. The Labute approximate surface area is 178 Å². The maximum atomic E-state index is 12.9. The van der Waals surface area contributed by atoms with E-state index in [0.717, 1.165) is 16.8 Å². The number of aryl methyl sites for hydroxylation is 1. The van der Waals surface area contributed by atoms with Gasteiger partial charge in [0.15, 0.2) is 6.61 Å². The largest absolute Gasteiger partial charge is 0.455 e. The number of rotatable bonds is 5. The highest BCUT2D eigenvalue weighted by atomic mass is 19.4. The summed E-state index contributed by atoms with van der Waals surface area (Å²) in [6, 6.07) is 11.2. The van der Waals surface area contributed by atoms with E-state index in [9.17, 15) is 22.8 Å². The molecular weight excluding hydrogens is 429 g/mol. The van der Waals surface area contributed by atoms with Gasteiger partial charge in [-0.05, 0) is 18.2 Å². The van der Waals surface area contributed by atoms with Gasteiger partial charge in [-0.3, -0.25) is 9.59 Å². The molecule has 0 aliphatic heterocycles. The van der Waals surface area contributed by atoms with Crippen molar-refractivity contribution in [2.45, 2.75) is 19.2 Å². The van der Waals surface area contributed by atoms with E-state index in [0.29, 0.717) is 16.5 Å². The summed E-state index contributed by atoms with van der Waals surface area (Å²) in [6.07, 6.45) is -4.71. The third-order valence-corrected chi connectivity index (χ3v) is 4.62. The van der Waals surface area contributed by atoms with Crippen LogP contribution in [0, 0.1) is 0 Å². The van der Waals surface area contributed by atoms with E-state index in [4.69, 9.17) is 9.26 Å². The number of carbonyl (C=O) groups excluding carboxylic acids is 1. The molecule has 8 nitrogen and oxygen atoms in total. The minimum absolute atomic E-state index is 0.0622. The molecule has 0 radical (unpaired) electrons. The van der Waals surface area contributed by atoms with Gasteiger partial charge in [-0.25, -0.2) is 4.68 Å². The van der Waals surface area contributed by atoms with Crippen LogP contribution in [0.2, 0.25) is 0 Å². The predicted molar refractivity (Wildman–Crippen MR) is 105 cm³/mol. The van der Waals surface area contributed by atoms with Crippen molar-refractivity contribution in [2.24, 2.45) is 7.05 Å². The van der Waals surface area contributed by atoms with Gasteiger partial charge < -0.3 is 9.26 Å². The first kappa shape index (κ1) is 21.2. The summed E-state index contributed by atoms with van der Waals surface area (Å²) < 4.78 is 49.9. The van der Waals surface area contributed by atoms with Gasteiger partial charge >= 0.3 is 12.1 Å². The van der Waals surface area contributed by atoms with Crippen LogP contribution in [0.5, 0.6) is 0 Å². The van der Waals surface area contributed by atoms with Gasteiger partial charge in [-0.2, -0.15) is 23.3 Å². The number of carbonyl (C=O) groups is 1. The van der Waals surface area contributed by atoms with Crippen LogP contribution in [0.4, 0.5) is 13.2 Å². The maximum Gasteiger partial charge on any atom is 0.416 e. The van der Waals surface area contributed by atoms with E-state index < -0.39 is 17.7 Å². The van der Waals surface area contributed by atoms with Crippen molar-refractivity contribution in [1.82, 2.24) is 19.9 Å². The number of alkyl halides is 3. The fourth-order valence-corrected chi connectivity index (χ4v) is 3.10. The van der Waals surface area contributed by atoms with Crippen LogP contribution in [-0.4, -0.2) is 25.9 Å². The smallest absolute Gasteiger partial charge is 0.416 e. The number of aromatic nitrogens is 4. The summed E-state index contributed by atoms with van der Waals surface area (Å²) in [5, 5.41) is 8.73. The zero-order chi connectivity index (χ0) is 22.9. The standard InChI is InChI=1S/C21H15F3N4O4/c1-28-20(30)15-8-3-2-7-14(15)16(26-28)10-18(29)31-11-17-25-19(27-32-17)12-5-4-6-13(9-12)21(22,23)24/h2-9H,10-11H2,1H3. The minimum Gasteiger partial charge on any atom is -0.455 e. The molecule has 4 rings (SSSR count). The second-order valence-electron chi connectivity index (χ2n) is 6.85. The number of nitrogens with zero attached hydrogens (tertiary/aromatic N) is 4. The van der Waals surface area contributed by atoms with Crippen LogP contribution in [0.3, 0.4) is 0 Å². The Morgan fingerprint density at radius 1 is 1.12 bits per heavy atom. The van der Waals surface area contributed by atoms with Crippen molar-refractivity contribution >= 4 is 16.7 Å². The summed E-state index contributed by atoms with van der Waals surface area (Å²) in [4.78, 5) is 28.4. The lowest BCUT2D eigenvalue weighted by Crippen LogP contribution is -2.22. The molecule has 2 aromatic carbocycles. The number of fused-ring (bicyclic) bond motifs is 1. The molecule has 11 heteroatoms. The molecule has 164 valence electrons. The van der Waals surface area contributed by atoms with Gasteiger partial charge in [0, 0.05) is 18.0 Å². The second-order valence-corrected chi connectivity index (χ2v) is 6.85. The molecule has 0 spiro atoms. The molecule has 0 bridgehead atoms. The minimum atomic E-state index is -4.50. The van der Waals surface area contributed by atoms with Crippen molar-refractivity contribution in [3.05, 3.63) is 76.0 Å². The van der Waals surface area contributed by atoms with Crippen LogP contribution in [-0.2, 0) is 35.8 Å². The molecule has 2 heterocycles. The van der Waals surface area contributed by atoms with Gasteiger partial charge in [0.25, 0.3) is 11.4 Å². The molecule has 0 atom stereocenters. The van der Waals surface area contributed by atoms with Crippen molar-refractivity contribution in [1.29, 1.82) is 0 Å². The van der Waals surface area contributed by atoms with Gasteiger partial charge in [-0.1, -0.05) is 35.5 Å². The molecule has 0 saturated heterocycles. The highest BCUT2D eigenvalue weighted by molar-refractivity contribution is 5.86. The summed E-state index contributed by atoms with van der Waals surface area (Å²) in [7, 11) is 1.48. The monoisotopic (exact) mass is 444 g/mol. The average molecular weight is 444 g/mol. The molecule has 0 N–H and O–H groups in total. The van der Waals surface area contributed by atoms with E-state index in [1.165, 1.54) is 19.2 Å². The SMILES string of the molecule is Cn1nc(CC(=O)OCc2nc(-c3cccc(C(F)(F)F)c3)no2)c2ccccc2c1=O. The Hall–Kier alpha value is -4.02. The van der Waals surface area contributed by atoms with Crippen molar-refractivity contribution < 1.29 is 27.2 Å². The average Bonchev–Trinajstić information content (AvgIpc) is 3.25. The fraction of sp³-hybridized carbons (Fsp3) is 0.190. The van der Waals surface area contributed by atoms with Gasteiger partial charge in [0.1, 0.15) is 0 Å². The summed E-state index contributed by atoms with van der Waals surface area (Å²) in [5.74, 6) is -0.794. The van der Waals surface area contributed by atoms with Gasteiger partial charge in [-0.15, -0.1) is 0 Å². The van der Waals surface area contributed by atoms with Crippen LogP contribution in [0.15, 0.2) is 57.8 Å². The Kier molecular flexibility index (Phi) is 5.47. The van der Waals surface area contributed by atoms with E-state index in [1.807, 2.05) is 0 Å². The Morgan fingerprint density at radius 3 is 2.62 bits per heavy atom. The second kappa shape index (κ2) is 8.25. The Morgan fingerprint density at radius 2 is 1.88 bits per heavy atom. The quantitative estimate of drug-likeness (QED) is 0.436. The van der Waals surface area contributed by atoms with Crippen LogP contribution in [0.1, 0.15) is 17.1 Å². The number of halogens is 3.